The molecule has 1 fully saturated rings. The Labute approximate surface area is 132 Å². The van der Waals surface area contributed by atoms with E-state index >= 15 is 0 Å². The summed E-state index contributed by atoms with van der Waals surface area (Å²) in [5.74, 6) is 6.69. The van der Waals surface area contributed by atoms with Crippen LogP contribution in [0.3, 0.4) is 0 Å². The van der Waals surface area contributed by atoms with Crippen molar-refractivity contribution in [3.05, 3.63) is 21.4 Å². The van der Waals surface area contributed by atoms with Crippen LogP contribution in [0.15, 0.2) is 11.1 Å². The van der Waals surface area contributed by atoms with Gasteiger partial charge in [0.05, 0.1) is 10.9 Å². The topological polar surface area (TPSA) is 50.4 Å². The Morgan fingerprint density at radius 2 is 1.76 bits per heavy atom. The molecular formula is C17H27N3S. The molecule has 0 bridgehead atoms. The lowest BCUT2D eigenvalue weighted by Crippen LogP contribution is -2.31. The molecule has 1 aromatic rings. The van der Waals surface area contributed by atoms with E-state index in [1.54, 1.807) is 4.88 Å². The first-order valence-electron chi connectivity index (χ1n) is 8.53. The number of amidine groups is 1. The number of thiophene rings is 1. The summed E-state index contributed by atoms with van der Waals surface area (Å²) < 4.78 is 0. The van der Waals surface area contributed by atoms with Gasteiger partial charge in [-0.1, -0.05) is 32.1 Å². The Morgan fingerprint density at radius 1 is 1.05 bits per heavy atom. The second-order valence-electron chi connectivity index (χ2n) is 6.39. The molecule has 0 saturated heterocycles. The number of rotatable bonds is 2. The molecule has 0 unspecified atom stereocenters. The Hall–Kier alpha value is -0.870. The Morgan fingerprint density at radius 3 is 2.52 bits per heavy atom. The molecule has 1 saturated carbocycles. The van der Waals surface area contributed by atoms with E-state index in [2.05, 4.69) is 11.5 Å². The number of fused-ring (bicyclic) bond motifs is 1. The van der Waals surface area contributed by atoms with Crippen LogP contribution >= 0.6 is 11.3 Å². The molecule has 3 rings (SSSR count). The maximum absolute atomic E-state index is 5.78. The van der Waals surface area contributed by atoms with E-state index in [0.717, 1.165) is 5.84 Å². The predicted octanol–water partition coefficient (Wildman–Crippen LogP) is 3.95. The van der Waals surface area contributed by atoms with E-state index in [9.17, 15) is 0 Å². The third kappa shape index (κ3) is 3.86. The largest absolute Gasteiger partial charge is 0.308 e. The fraction of sp³-hybridized carbons (Fsp3) is 0.706. The number of hydrogen-bond acceptors (Lipinski definition) is 3. The Bertz CT molecular complexity index is 461. The van der Waals surface area contributed by atoms with Crippen LogP contribution in [0.2, 0.25) is 0 Å². The van der Waals surface area contributed by atoms with E-state index in [-0.39, 0.29) is 0 Å². The van der Waals surface area contributed by atoms with Gasteiger partial charge in [-0.05, 0) is 50.2 Å². The highest BCUT2D eigenvalue weighted by molar-refractivity contribution is 7.14. The maximum Gasteiger partial charge on any atom is 0.153 e. The van der Waals surface area contributed by atoms with E-state index in [4.69, 9.17) is 10.8 Å². The summed E-state index contributed by atoms with van der Waals surface area (Å²) in [5.41, 5.74) is 4.41. The SMILES string of the molecule is NNC(=NC1CCCCCC1)c1cc2c(s1)CCCCC2. The van der Waals surface area contributed by atoms with Crippen molar-refractivity contribution < 1.29 is 0 Å². The van der Waals surface area contributed by atoms with E-state index < -0.39 is 0 Å². The molecule has 0 amide bonds. The van der Waals surface area contributed by atoms with Crippen molar-refractivity contribution in [1.29, 1.82) is 0 Å². The van der Waals surface area contributed by atoms with Gasteiger partial charge in [0.25, 0.3) is 0 Å². The molecule has 0 atom stereocenters. The van der Waals surface area contributed by atoms with Gasteiger partial charge in [-0.15, -0.1) is 11.3 Å². The van der Waals surface area contributed by atoms with Crippen LogP contribution in [0.4, 0.5) is 0 Å². The lowest BCUT2D eigenvalue weighted by molar-refractivity contribution is 0.583. The van der Waals surface area contributed by atoms with Gasteiger partial charge >= 0.3 is 0 Å². The van der Waals surface area contributed by atoms with Gasteiger partial charge in [0.15, 0.2) is 5.84 Å². The lowest BCUT2D eigenvalue weighted by Gasteiger charge is -2.11. The van der Waals surface area contributed by atoms with Crippen LogP contribution in [0.5, 0.6) is 0 Å². The minimum absolute atomic E-state index is 0.459. The quantitative estimate of drug-likeness (QED) is 0.217. The van der Waals surface area contributed by atoms with Crippen LogP contribution in [-0.4, -0.2) is 11.9 Å². The van der Waals surface area contributed by atoms with Crippen LogP contribution in [0, 0.1) is 0 Å². The molecule has 2 aliphatic carbocycles. The first-order valence-corrected chi connectivity index (χ1v) is 9.35. The highest BCUT2D eigenvalue weighted by Gasteiger charge is 2.17. The Balaban J connectivity index is 1.78. The number of hydrogen-bond donors (Lipinski definition) is 2. The van der Waals surface area contributed by atoms with Gasteiger partial charge in [0.1, 0.15) is 0 Å². The number of nitrogens with two attached hydrogens (primary N) is 1. The van der Waals surface area contributed by atoms with Crippen LogP contribution in [-0.2, 0) is 12.8 Å². The molecule has 3 N–H and O–H groups in total. The summed E-state index contributed by atoms with van der Waals surface area (Å²) in [6.45, 7) is 0. The van der Waals surface area contributed by atoms with Gasteiger partial charge in [0, 0.05) is 4.88 Å². The molecule has 0 aliphatic heterocycles. The van der Waals surface area contributed by atoms with Gasteiger partial charge in [0.2, 0.25) is 0 Å². The van der Waals surface area contributed by atoms with Gasteiger partial charge in [-0.2, -0.15) is 0 Å². The Kier molecular flexibility index (Phi) is 5.31. The summed E-state index contributed by atoms with van der Waals surface area (Å²) in [6, 6.07) is 2.79. The van der Waals surface area contributed by atoms with Gasteiger partial charge < -0.3 is 5.43 Å². The summed E-state index contributed by atoms with van der Waals surface area (Å²) >= 11 is 1.90. The van der Waals surface area contributed by atoms with Crippen LogP contribution < -0.4 is 11.3 Å². The number of aryl methyl sites for hydroxylation is 2. The number of nitrogens with zero attached hydrogens (tertiary/aromatic N) is 1. The number of aliphatic imine (C=N–C) groups is 1. The molecule has 3 nitrogen and oxygen atoms in total. The molecule has 21 heavy (non-hydrogen) atoms. The summed E-state index contributed by atoms with van der Waals surface area (Å²) in [7, 11) is 0. The highest BCUT2D eigenvalue weighted by Crippen LogP contribution is 2.29. The van der Waals surface area contributed by atoms with Crippen molar-refractivity contribution in [2.75, 3.05) is 0 Å². The molecule has 1 aromatic heterocycles. The molecule has 0 spiro atoms. The first-order chi connectivity index (χ1) is 10.4. The molecular weight excluding hydrogens is 278 g/mol. The normalized spacial score (nSPS) is 21.5. The minimum atomic E-state index is 0.459. The zero-order valence-corrected chi connectivity index (χ0v) is 13.7. The average molecular weight is 305 g/mol. The van der Waals surface area contributed by atoms with Crippen molar-refractivity contribution >= 4 is 17.2 Å². The molecule has 1 heterocycles. The summed E-state index contributed by atoms with van der Waals surface area (Å²) in [4.78, 5) is 7.75. The molecule has 0 aromatic carbocycles. The fourth-order valence-electron chi connectivity index (χ4n) is 3.53. The zero-order valence-electron chi connectivity index (χ0n) is 12.9. The standard InChI is InChI=1S/C17H27N3S/c18-20-17(19-14-9-5-1-2-6-10-14)16-12-13-8-4-3-7-11-15(13)21-16/h12,14H,1-11,18H2,(H,19,20). The van der Waals surface area contributed by atoms with Crippen molar-refractivity contribution in [1.82, 2.24) is 5.43 Å². The minimum Gasteiger partial charge on any atom is -0.308 e. The van der Waals surface area contributed by atoms with E-state index in [1.807, 2.05) is 11.3 Å². The lowest BCUT2D eigenvalue weighted by atomic mass is 10.1. The van der Waals surface area contributed by atoms with Crippen molar-refractivity contribution in [2.24, 2.45) is 10.8 Å². The molecule has 4 heteroatoms. The zero-order chi connectivity index (χ0) is 14.5. The van der Waals surface area contributed by atoms with Gasteiger partial charge in [-0.25, -0.2) is 5.84 Å². The monoisotopic (exact) mass is 305 g/mol. The third-order valence-electron chi connectivity index (χ3n) is 4.75. The maximum atomic E-state index is 5.78. The second-order valence-corrected chi connectivity index (χ2v) is 7.52. The highest BCUT2D eigenvalue weighted by atomic mass is 32.1. The van der Waals surface area contributed by atoms with Gasteiger partial charge in [-0.3, -0.25) is 4.99 Å². The van der Waals surface area contributed by atoms with E-state index in [0.29, 0.717) is 6.04 Å². The molecule has 2 aliphatic rings. The van der Waals surface area contributed by atoms with Crippen molar-refractivity contribution in [3.8, 4) is 0 Å². The van der Waals surface area contributed by atoms with Crippen LogP contribution in [0.1, 0.15) is 73.1 Å². The van der Waals surface area contributed by atoms with Crippen LogP contribution in [0.25, 0.3) is 0 Å². The third-order valence-corrected chi connectivity index (χ3v) is 6.00. The average Bonchev–Trinajstić information content (AvgIpc) is 2.70. The molecule has 0 radical (unpaired) electrons. The smallest absolute Gasteiger partial charge is 0.153 e. The summed E-state index contributed by atoms with van der Waals surface area (Å²) in [5, 5.41) is 0. The number of nitrogens with one attached hydrogen (secondary N) is 1. The van der Waals surface area contributed by atoms with Crippen molar-refractivity contribution in [2.45, 2.75) is 76.7 Å². The summed E-state index contributed by atoms with van der Waals surface area (Å²) in [6.07, 6.45) is 14.3. The van der Waals surface area contributed by atoms with Crippen molar-refractivity contribution in [3.63, 3.8) is 0 Å². The molecule has 116 valence electrons. The fourth-order valence-corrected chi connectivity index (χ4v) is 4.74. The second kappa shape index (κ2) is 7.41. The van der Waals surface area contributed by atoms with E-state index in [1.165, 1.54) is 81.1 Å². The predicted molar refractivity (Wildman–Crippen MR) is 90.9 cm³/mol. The number of hydrazine groups is 1. The first kappa shape index (κ1) is 15.0.